The Hall–Kier alpha value is -1.51. The average Bonchev–Trinajstić information content (AvgIpc) is 2.59. The number of imidazole rings is 1. The van der Waals surface area contributed by atoms with E-state index in [1.165, 1.54) is 0 Å². The van der Waals surface area contributed by atoms with Gasteiger partial charge in [-0.15, -0.1) is 0 Å². The average molecular weight is 134 g/mol. The first-order chi connectivity index (χ1) is 4.97. The van der Waals surface area contributed by atoms with E-state index >= 15 is 0 Å². The van der Waals surface area contributed by atoms with Crippen molar-refractivity contribution < 1.29 is 4.42 Å². The molecule has 0 aliphatic heterocycles. The summed E-state index contributed by atoms with van der Waals surface area (Å²) < 4.78 is 6.77. The molecule has 0 saturated heterocycles. The van der Waals surface area contributed by atoms with Gasteiger partial charge in [0, 0.05) is 18.5 Å². The van der Waals surface area contributed by atoms with Gasteiger partial charge in [-0.3, -0.25) is 0 Å². The highest BCUT2D eigenvalue weighted by Gasteiger charge is 1.93. The highest BCUT2D eigenvalue weighted by molar-refractivity contribution is 5.25. The predicted molar refractivity (Wildman–Crippen MR) is 35.8 cm³/mol. The fraction of sp³-hybridized carbons (Fsp3) is 0. The molecule has 0 atom stereocenters. The molecule has 2 rings (SSSR count). The molecule has 0 aliphatic carbocycles. The van der Waals surface area contributed by atoms with Crippen molar-refractivity contribution >= 4 is 0 Å². The third-order valence-electron chi connectivity index (χ3n) is 1.31. The highest BCUT2D eigenvalue weighted by Crippen LogP contribution is 2.05. The van der Waals surface area contributed by atoms with E-state index in [1.807, 2.05) is 16.8 Å². The standard InChI is InChI=1S/C7H6N2O/c1-4-10-5-7(1)9-3-2-8-6-9/h1-6H. The summed E-state index contributed by atoms with van der Waals surface area (Å²) >= 11 is 0. The molecule has 10 heavy (non-hydrogen) atoms. The summed E-state index contributed by atoms with van der Waals surface area (Å²) in [5, 5.41) is 0. The second-order valence-electron chi connectivity index (χ2n) is 1.95. The van der Waals surface area contributed by atoms with E-state index in [4.69, 9.17) is 4.42 Å². The summed E-state index contributed by atoms with van der Waals surface area (Å²) in [6, 6.07) is 1.88. The lowest BCUT2D eigenvalue weighted by molar-refractivity contribution is 0.565. The summed E-state index contributed by atoms with van der Waals surface area (Å²) in [5.74, 6) is 0. The molecular weight excluding hydrogens is 128 g/mol. The molecule has 0 N–H and O–H groups in total. The fourth-order valence-electron chi connectivity index (χ4n) is 0.816. The minimum atomic E-state index is 0.998. The largest absolute Gasteiger partial charge is 0.470 e. The van der Waals surface area contributed by atoms with Crippen LogP contribution in [0.3, 0.4) is 0 Å². The van der Waals surface area contributed by atoms with Gasteiger partial charge in [0.2, 0.25) is 0 Å². The van der Waals surface area contributed by atoms with Gasteiger partial charge >= 0.3 is 0 Å². The first-order valence-electron chi connectivity index (χ1n) is 2.97. The van der Waals surface area contributed by atoms with Gasteiger partial charge in [-0.1, -0.05) is 0 Å². The minimum absolute atomic E-state index is 0.998. The molecule has 0 unspecified atom stereocenters. The van der Waals surface area contributed by atoms with Crippen LogP contribution in [0.4, 0.5) is 0 Å². The summed E-state index contributed by atoms with van der Waals surface area (Å²) in [6.07, 6.45) is 8.62. The van der Waals surface area contributed by atoms with Crippen molar-refractivity contribution in [1.82, 2.24) is 9.55 Å². The summed E-state index contributed by atoms with van der Waals surface area (Å²) in [6.45, 7) is 0. The van der Waals surface area contributed by atoms with E-state index in [0.717, 1.165) is 5.69 Å². The smallest absolute Gasteiger partial charge is 0.114 e. The quantitative estimate of drug-likeness (QED) is 0.591. The van der Waals surface area contributed by atoms with Crippen molar-refractivity contribution in [3.63, 3.8) is 0 Å². The van der Waals surface area contributed by atoms with Crippen LogP contribution in [0, 0.1) is 0 Å². The molecule has 0 aromatic carbocycles. The summed E-state index contributed by atoms with van der Waals surface area (Å²) in [5.41, 5.74) is 0.998. The topological polar surface area (TPSA) is 31.0 Å². The number of hydrogen-bond donors (Lipinski definition) is 0. The Labute approximate surface area is 57.9 Å². The molecule has 2 heterocycles. The first kappa shape index (κ1) is 5.29. The van der Waals surface area contributed by atoms with Crippen LogP contribution in [0.1, 0.15) is 0 Å². The minimum Gasteiger partial charge on any atom is -0.470 e. The van der Waals surface area contributed by atoms with E-state index in [-0.39, 0.29) is 0 Å². The van der Waals surface area contributed by atoms with Gasteiger partial charge in [0.1, 0.15) is 6.26 Å². The first-order valence-corrected chi connectivity index (χ1v) is 2.97. The van der Waals surface area contributed by atoms with Crippen LogP contribution in [0.5, 0.6) is 0 Å². The van der Waals surface area contributed by atoms with Gasteiger partial charge in [0.15, 0.2) is 0 Å². The molecule has 3 nitrogen and oxygen atoms in total. The SMILES string of the molecule is c1cn(-c2ccoc2)cn1. The van der Waals surface area contributed by atoms with Crippen LogP contribution in [0.25, 0.3) is 5.69 Å². The maximum atomic E-state index is 4.89. The Morgan fingerprint density at radius 3 is 3.10 bits per heavy atom. The molecule has 0 radical (unpaired) electrons. The zero-order chi connectivity index (χ0) is 6.81. The molecule has 0 saturated carbocycles. The normalized spacial score (nSPS) is 10.0. The molecule has 50 valence electrons. The Morgan fingerprint density at radius 2 is 2.50 bits per heavy atom. The van der Waals surface area contributed by atoms with Crippen molar-refractivity contribution in [1.29, 1.82) is 0 Å². The molecule has 0 aliphatic rings. The van der Waals surface area contributed by atoms with Gasteiger partial charge in [-0.25, -0.2) is 4.98 Å². The third kappa shape index (κ3) is 0.719. The van der Waals surface area contributed by atoms with E-state index < -0.39 is 0 Å². The van der Waals surface area contributed by atoms with Gasteiger partial charge in [0.25, 0.3) is 0 Å². The van der Waals surface area contributed by atoms with Crippen LogP contribution in [-0.2, 0) is 0 Å². The molecule has 2 aromatic rings. The number of nitrogens with zero attached hydrogens (tertiary/aromatic N) is 2. The Balaban J connectivity index is 2.48. The van der Waals surface area contributed by atoms with Crippen molar-refractivity contribution in [2.45, 2.75) is 0 Å². The highest BCUT2D eigenvalue weighted by atomic mass is 16.3. The van der Waals surface area contributed by atoms with Crippen molar-refractivity contribution in [3.05, 3.63) is 37.3 Å². The van der Waals surface area contributed by atoms with Crippen molar-refractivity contribution in [2.24, 2.45) is 0 Å². The van der Waals surface area contributed by atoms with Crippen LogP contribution in [0.15, 0.2) is 41.7 Å². The summed E-state index contributed by atoms with van der Waals surface area (Å²) in [4.78, 5) is 3.90. The lowest BCUT2D eigenvalue weighted by atomic mass is 10.5. The van der Waals surface area contributed by atoms with Crippen molar-refractivity contribution in [2.75, 3.05) is 0 Å². The Kier molecular flexibility index (Phi) is 1.07. The molecular formula is C7H6N2O. The van der Waals surface area contributed by atoms with E-state index in [0.29, 0.717) is 0 Å². The van der Waals surface area contributed by atoms with E-state index in [1.54, 1.807) is 25.1 Å². The van der Waals surface area contributed by atoms with Gasteiger partial charge < -0.3 is 8.98 Å². The van der Waals surface area contributed by atoms with Crippen LogP contribution in [0.2, 0.25) is 0 Å². The number of furan rings is 1. The molecule has 0 spiro atoms. The van der Waals surface area contributed by atoms with Gasteiger partial charge in [-0.2, -0.15) is 0 Å². The molecule has 2 aromatic heterocycles. The monoisotopic (exact) mass is 134 g/mol. The van der Waals surface area contributed by atoms with Crippen molar-refractivity contribution in [3.8, 4) is 5.69 Å². The molecule has 0 bridgehead atoms. The fourth-order valence-corrected chi connectivity index (χ4v) is 0.816. The maximum Gasteiger partial charge on any atom is 0.114 e. The Bertz CT molecular complexity index is 251. The second kappa shape index (κ2) is 2.02. The number of rotatable bonds is 1. The van der Waals surface area contributed by atoms with E-state index in [9.17, 15) is 0 Å². The maximum absolute atomic E-state index is 4.89. The molecule has 0 amide bonds. The third-order valence-corrected chi connectivity index (χ3v) is 1.31. The lowest BCUT2D eigenvalue weighted by Crippen LogP contribution is -1.84. The van der Waals surface area contributed by atoms with Crippen LogP contribution in [-0.4, -0.2) is 9.55 Å². The van der Waals surface area contributed by atoms with Crippen LogP contribution < -0.4 is 0 Å². The zero-order valence-electron chi connectivity index (χ0n) is 5.27. The van der Waals surface area contributed by atoms with E-state index in [2.05, 4.69) is 4.98 Å². The van der Waals surface area contributed by atoms with Crippen LogP contribution >= 0.6 is 0 Å². The molecule has 3 heteroatoms. The van der Waals surface area contributed by atoms with Gasteiger partial charge in [0.05, 0.1) is 18.3 Å². The number of hydrogen-bond acceptors (Lipinski definition) is 2. The summed E-state index contributed by atoms with van der Waals surface area (Å²) in [7, 11) is 0. The lowest BCUT2D eigenvalue weighted by Gasteiger charge is -1.91. The Morgan fingerprint density at radius 1 is 1.50 bits per heavy atom. The second-order valence-corrected chi connectivity index (χ2v) is 1.95. The number of aromatic nitrogens is 2. The predicted octanol–water partition coefficient (Wildman–Crippen LogP) is 1.47. The van der Waals surface area contributed by atoms with Gasteiger partial charge in [-0.05, 0) is 0 Å². The zero-order valence-corrected chi connectivity index (χ0v) is 5.27. The molecule has 0 fully saturated rings.